The maximum atomic E-state index is 12.0. The zero-order chi connectivity index (χ0) is 15.1. The van der Waals surface area contributed by atoms with Crippen LogP contribution in [0.1, 0.15) is 46.0 Å². The third-order valence-corrected chi connectivity index (χ3v) is 3.77. The van der Waals surface area contributed by atoms with Gasteiger partial charge in [-0.05, 0) is 44.7 Å². The van der Waals surface area contributed by atoms with Crippen molar-refractivity contribution in [1.82, 2.24) is 5.32 Å². The van der Waals surface area contributed by atoms with Gasteiger partial charge in [0.15, 0.2) is 0 Å². The minimum Gasteiger partial charge on any atom is -0.489 e. The van der Waals surface area contributed by atoms with Crippen LogP contribution in [0.15, 0.2) is 24.3 Å². The number of hydrogen-bond acceptors (Lipinski definition) is 2. The van der Waals surface area contributed by atoms with Gasteiger partial charge in [0.1, 0.15) is 5.75 Å². The summed E-state index contributed by atoms with van der Waals surface area (Å²) in [6.07, 6.45) is 6.46. The molecule has 4 nitrogen and oxygen atoms in total. The van der Waals surface area contributed by atoms with Gasteiger partial charge in [0, 0.05) is 6.54 Å². The van der Waals surface area contributed by atoms with Gasteiger partial charge in [-0.25, -0.2) is 4.79 Å². The number of carbonyl (C=O) groups excluding carboxylic acids is 1. The van der Waals surface area contributed by atoms with Crippen LogP contribution in [-0.4, -0.2) is 18.7 Å². The highest BCUT2D eigenvalue weighted by atomic mass is 16.5. The Hall–Kier alpha value is -1.71. The van der Waals surface area contributed by atoms with Gasteiger partial charge in [0.2, 0.25) is 0 Å². The average molecular weight is 290 g/mol. The molecular weight excluding hydrogens is 264 g/mol. The maximum Gasteiger partial charge on any atom is 0.319 e. The first kappa shape index (κ1) is 15.7. The number of nitrogens with one attached hydrogen (secondary N) is 2. The lowest BCUT2D eigenvalue weighted by molar-refractivity contribution is 0.240. The van der Waals surface area contributed by atoms with E-state index < -0.39 is 0 Å². The Labute approximate surface area is 127 Å². The minimum atomic E-state index is -0.152. The lowest BCUT2D eigenvalue weighted by atomic mass is 9.89. The number of para-hydroxylation sites is 2. The predicted octanol–water partition coefficient (Wildman–Crippen LogP) is 4.18. The van der Waals surface area contributed by atoms with Gasteiger partial charge in [-0.2, -0.15) is 0 Å². The van der Waals surface area contributed by atoms with Crippen LogP contribution in [-0.2, 0) is 0 Å². The first-order valence-corrected chi connectivity index (χ1v) is 7.95. The molecule has 0 aromatic heterocycles. The second kappa shape index (κ2) is 7.91. The van der Waals surface area contributed by atoms with Gasteiger partial charge in [-0.1, -0.05) is 31.4 Å². The third kappa shape index (κ3) is 5.29. The summed E-state index contributed by atoms with van der Waals surface area (Å²) in [5.41, 5.74) is 0.715. The molecule has 0 saturated heterocycles. The van der Waals surface area contributed by atoms with E-state index in [1.807, 2.05) is 38.1 Å². The molecule has 1 fully saturated rings. The van der Waals surface area contributed by atoms with Gasteiger partial charge in [-0.3, -0.25) is 0 Å². The number of benzene rings is 1. The molecule has 0 bridgehead atoms. The van der Waals surface area contributed by atoms with Crippen LogP contribution in [0.3, 0.4) is 0 Å². The molecule has 0 radical (unpaired) electrons. The Balaban J connectivity index is 1.84. The van der Waals surface area contributed by atoms with E-state index in [-0.39, 0.29) is 12.1 Å². The van der Waals surface area contributed by atoms with E-state index in [0.29, 0.717) is 17.4 Å². The van der Waals surface area contributed by atoms with Crippen LogP contribution in [0.4, 0.5) is 10.5 Å². The maximum absolute atomic E-state index is 12.0. The van der Waals surface area contributed by atoms with Crippen molar-refractivity contribution >= 4 is 11.7 Å². The number of rotatable bonds is 5. The number of amides is 2. The van der Waals surface area contributed by atoms with E-state index in [2.05, 4.69) is 10.6 Å². The Bertz CT molecular complexity index is 454. The Kier molecular flexibility index (Phi) is 5.90. The van der Waals surface area contributed by atoms with Crippen molar-refractivity contribution in [2.24, 2.45) is 5.92 Å². The molecule has 2 amide bonds. The van der Waals surface area contributed by atoms with E-state index >= 15 is 0 Å². The van der Waals surface area contributed by atoms with E-state index in [9.17, 15) is 4.79 Å². The van der Waals surface area contributed by atoms with Crippen molar-refractivity contribution < 1.29 is 9.53 Å². The van der Waals surface area contributed by atoms with E-state index in [1.165, 1.54) is 32.1 Å². The van der Waals surface area contributed by atoms with Gasteiger partial charge >= 0.3 is 6.03 Å². The van der Waals surface area contributed by atoms with Gasteiger partial charge < -0.3 is 15.4 Å². The van der Waals surface area contributed by atoms with Crippen molar-refractivity contribution in [2.45, 2.75) is 52.1 Å². The number of anilines is 1. The van der Waals surface area contributed by atoms with Crippen LogP contribution in [0.2, 0.25) is 0 Å². The summed E-state index contributed by atoms with van der Waals surface area (Å²) in [6, 6.07) is 7.38. The topological polar surface area (TPSA) is 50.4 Å². The molecule has 116 valence electrons. The summed E-state index contributed by atoms with van der Waals surface area (Å²) < 4.78 is 5.70. The molecule has 1 aromatic rings. The summed E-state index contributed by atoms with van der Waals surface area (Å²) >= 11 is 0. The highest BCUT2D eigenvalue weighted by molar-refractivity contribution is 5.90. The van der Waals surface area contributed by atoms with Crippen LogP contribution in [0, 0.1) is 5.92 Å². The zero-order valence-corrected chi connectivity index (χ0v) is 13.0. The SMILES string of the molecule is CC(C)Oc1ccccc1NC(=O)NCC1CCCCC1. The van der Waals surface area contributed by atoms with Gasteiger partial charge in [0.25, 0.3) is 0 Å². The lowest BCUT2D eigenvalue weighted by Gasteiger charge is -2.22. The van der Waals surface area contributed by atoms with E-state index in [4.69, 9.17) is 4.74 Å². The molecule has 0 heterocycles. The monoisotopic (exact) mass is 290 g/mol. The lowest BCUT2D eigenvalue weighted by Crippen LogP contribution is -2.33. The number of hydrogen-bond donors (Lipinski definition) is 2. The van der Waals surface area contributed by atoms with Crippen molar-refractivity contribution in [3.63, 3.8) is 0 Å². The van der Waals surface area contributed by atoms with E-state index in [1.54, 1.807) is 0 Å². The van der Waals surface area contributed by atoms with Gasteiger partial charge in [0.05, 0.1) is 11.8 Å². The van der Waals surface area contributed by atoms with E-state index in [0.717, 1.165) is 6.54 Å². The summed E-state index contributed by atoms with van der Waals surface area (Å²) in [7, 11) is 0. The van der Waals surface area contributed by atoms with Crippen molar-refractivity contribution in [2.75, 3.05) is 11.9 Å². The van der Waals surface area contributed by atoms with Crippen molar-refractivity contribution in [3.05, 3.63) is 24.3 Å². The Morgan fingerprint density at radius 3 is 2.67 bits per heavy atom. The van der Waals surface area contributed by atoms with Gasteiger partial charge in [-0.15, -0.1) is 0 Å². The van der Waals surface area contributed by atoms with Crippen LogP contribution in [0.25, 0.3) is 0 Å². The van der Waals surface area contributed by atoms with Crippen LogP contribution in [0.5, 0.6) is 5.75 Å². The van der Waals surface area contributed by atoms with Crippen molar-refractivity contribution in [3.8, 4) is 5.75 Å². The fraction of sp³-hybridized carbons (Fsp3) is 0.588. The summed E-state index contributed by atoms with van der Waals surface area (Å²) in [4.78, 5) is 12.0. The Morgan fingerprint density at radius 2 is 1.95 bits per heavy atom. The van der Waals surface area contributed by atoms with Crippen LogP contribution < -0.4 is 15.4 Å². The molecule has 0 atom stereocenters. The summed E-state index contributed by atoms with van der Waals surface area (Å²) in [6.45, 7) is 4.71. The first-order valence-electron chi connectivity index (χ1n) is 7.95. The highest BCUT2D eigenvalue weighted by Gasteiger charge is 2.15. The first-order chi connectivity index (χ1) is 10.1. The molecule has 0 unspecified atom stereocenters. The molecule has 21 heavy (non-hydrogen) atoms. The smallest absolute Gasteiger partial charge is 0.319 e. The molecule has 1 aromatic carbocycles. The molecule has 0 spiro atoms. The van der Waals surface area contributed by atoms with Crippen LogP contribution >= 0.6 is 0 Å². The molecular formula is C17H26N2O2. The fourth-order valence-corrected chi connectivity index (χ4v) is 2.72. The zero-order valence-electron chi connectivity index (χ0n) is 13.0. The standard InChI is InChI=1S/C17H26N2O2/c1-13(2)21-16-11-7-6-10-15(16)19-17(20)18-12-14-8-4-3-5-9-14/h6-7,10-11,13-14H,3-5,8-9,12H2,1-2H3,(H2,18,19,20). The number of urea groups is 1. The molecule has 1 aliphatic carbocycles. The quantitative estimate of drug-likeness (QED) is 0.855. The average Bonchev–Trinajstić information content (AvgIpc) is 2.48. The predicted molar refractivity (Wildman–Crippen MR) is 85.8 cm³/mol. The Morgan fingerprint density at radius 1 is 1.24 bits per heavy atom. The molecule has 0 aliphatic heterocycles. The normalized spacial score (nSPS) is 15.8. The second-order valence-corrected chi connectivity index (χ2v) is 6.00. The minimum absolute atomic E-state index is 0.0817. The molecule has 1 saturated carbocycles. The molecule has 1 aliphatic rings. The molecule has 2 rings (SSSR count). The second-order valence-electron chi connectivity index (χ2n) is 6.00. The fourth-order valence-electron chi connectivity index (χ4n) is 2.72. The number of ether oxygens (including phenoxy) is 1. The highest BCUT2D eigenvalue weighted by Crippen LogP contribution is 2.25. The molecule has 4 heteroatoms. The third-order valence-electron chi connectivity index (χ3n) is 3.77. The largest absolute Gasteiger partial charge is 0.489 e. The summed E-state index contributed by atoms with van der Waals surface area (Å²) in [5, 5.41) is 5.86. The molecule has 2 N–H and O–H groups in total. The van der Waals surface area contributed by atoms with Crippen molar-refractivity contribution in [1.29, 1.82) is 0 Å². The number of carbonyl (C=O) groups is 1. The summed E-state index contributed by atoms with van der Waals surface area (Å²) in [5.74, 6) is 1.34.